The van der Waals surface area contributed by atoms with E-state index in [1.54, 1.807) is 17.3 Å². The molecule has 5 nitrogen and oxygen atoms in total. The summed E-state index contributed by atoms with van der Waals surface area (Å²) in [7, 11) is 0. The molecule has 0 bridgehead atoms. The van der Waals surface area contributed by atoms with Crippen LogP contribution in [0.15, 0.2) is 48.8 Å². The molecule has 2 heterocycles. The molecule has 1 aliphatic rings. The van der Waals surface area contributed by atoms with Crippen molar-refractivity contribution < 1.29 is 9.59 Å². The fraction of sp³-hybridized carbons (Fsp3) is 0.350. The number of carbonyl (C=O) groups excluding carboxylic acids is 2. The summed E-state index contributed by atoms with van der Waals surface area (Å²) < 4.78 is 0. The number of aromatic nitrogens is 1. The summed E-state index contributed by atoms with van der Waals surface area (Å²) in [6, 6.07) is 11.1. The lowest BCUT2D eigenvalue weighted by Crippen LogP contribution is -2.49. The van der Waals surface area contributed by atoms with E-state index >= 15 is 0 Å². The van der Waals surface area contributed by atoms with Gasteiger partial charge in [0.1, 0.15) is 6.04 Å². The number of nitrogens with one attached hydrogen (secondary N) is 1. The Morgan fingerprint density at radius 1 is 1.24 bits per heavy atom. The third-order valence-electron chi connectivity index (χ3n) is 4.55. The van der Waals surface area contributed by atoms with Crippen LogP contribution in [0.3, 0.4) is 0 Å². The predicted molar refractivity (Wildman–Crippen MR) is 97.0 cm³/mol. The number of fused-ring (bicyclic) bond motifs is 1. The second-order valence-electron chi connectivity index (χ2n) is 6.25. The van der Waals surface area contributed by atoms with Crippen molar-refractivity contribution in [3.63, 3.8) is 0 Å². The van der Waals surface area contributed by atoms with Crippen molar-refractivity contribution in [1.82, 2.24) is 10.3 Å². The molecule has 3 rings (SSSR count). The van der Waals surface area contributed by atoms with Crippen molar-refractivity contribution in [2.75, 3.05) is 4.90 Å². The molecule has 2 amide bonds. The molecule has 0 aliphatic carbocycles. The van der Waals surface area contributed by atoms with Gasteiger partial charge >= 0.3 is 0 Å². The third-order valence-corrected chi connectivity index (χ3v) is 4.55. The van der Waals surface area contributed by atoms with Crippen LogP contribution in [0.1, 0.15) is 37.3 Å². The standard InChI is InChI=1S/C20H23N3O2/c1-2-17(20(25)22-14-15-7-6-12-21-13-15)23-18-10-4-3-8-16(18)9-5-11-19(23)24/h3-4,6-8,10,12-13,17H,2,5,9,11,14H2,1H3,(H,22,25). The monoisotopic (exact) mass is 337 g/mol. The maximum atomic E-state index is 12.8. The average Bonchev–Trinajstić information content (AvgIpc) is 2.81. The number of nitrogens with zero attached hydrogens (tertiary/aromatic N) is 2. The maximum absolute atomic E-state index is 12.8. The zero-order chi connectivity index (χ0) is 17.6. The number of aryl methyl sites for hydroxylation is 1. The summed E-state index contributed by atoms with van der Waals surface area (Å²) in [6.07, 6.45) is 6.16. The van der Waals surface area contributed by atoms with Crippen molar-refractivity contribution in [2.24, 2.45) is 0 Å². The van der Waals surface area contributed by atoms with Gasteiger partial charge in [0.2, 0.25) is 11.8 Å². The van der Waals surface area contributed by atoms with E-state index in [0.717, 1.165) is 29.7 Å². The van der Waals surface area contributed by atoms with Crippen molar-refractivity contribution >= 4 is 17.5 Å². The lowest BCUT2D eigenvalue weighted by atomic mass is 10.1. The lowest BCUT2D eigenvalue weighted by molar-refractivity contribution is -0.126. The summed E-state index contributed by atoms with van der Waals surface area (Å²) in [5.41, 5.74) is 2.94. The second-order valence-corrected chi connectivity index (χ2v) is 6.25. The number of hydrogen-bond acceptors (Lipinski definition) is 3. The van der Waals surface area contributed by atoms with Gasteiger partial charge in [-0.05, 0) is 42.5 Å². The van der Waals surface area contributed by atoms with Crippen LogP contribution >= 0.6 is 0 Å². The van der Waals surface area contributed by atoms with E-state index in [0.29, 0.717) is 19.4 Å². The molecule has 2 aromatic rings. The smallest absolute Gasteiger partial charge is 0.243 e. The van der Waals surface area contributed by atoms with E-state index in [1.165, 1.54) is 0 Å². The summed E-state index contributed by atoms with van der Waals surface area (Å²) in [5.74, 6) is -0.107. The summed E-state index contributed by atoms with van der Waals surface area (Å²) in [4.78, 5) is 31.2. The van der Waals surface area contributed by atoms with Crippen molar-refractivity contribution in [1.29, 1.82) is 0 Å². The van der Waals surface area contributed by atoms with Crippen LogP contribution in [0.5, 0.6) is 0 Å². The minimum Gasteiger partial charge on any atom is -0.350 e. The molecule has 1 aromatic carbocycles. The maximum Gasteiger partial charge on any atom is 0.243 e. The zero-order valence-electron chi connectivity index (χ0n) is 14.4. The Hall–Kier alpha value is -2.69. The minimum atomic E-state index is -0.497. The molecule has 0 spiro atoms. The summed E-state index contributed by atoms with van der Waals surface area (Å²) in [6.45, 7) is 2.35. The summed E-state index contributed by atoms with van der Waals surface area (Å²) in [5, 5.41) is 2.95. The Labute approximate surface area is 148 Å². The Balaban J connectivity index is 1.81. The van der Waals surface area contributed by atoms with Crippen molar-refractivity contribution in [2.45, 2.75) is 45.2 Å². The van der Waals surface area contributed by atoms with E-state index in [-0.39, 0.29) is 11.8 Å². The van der Waals surface area contributed by atoms with Gasteiger partial charge in [-0.2, -0.15) is 0 Å². The molecule has 0 saturated carbocycles. The van der Waals surface area contributed by atoms with Gasteiger partial charge in [0.05, 0.1) is 0 Å². The van der Waals surface area contributed by atoms with Crippen LogP contribution in [0.2, 0.25) is 0 Å². The van der Waals surface area contributed by atoms with Gasteiger partial charge in [-0.3, -0.25) is 19.5 Å². The van der Waals surface area contributed by atoms with Gasteiger partial charge in [-0.15, -0.1) is 0 Å². The minimum absolute atomic E-state index is 0.0216. The first-order valence-corrected chi connectivity index (χ1v) is 8.77. The van der Waals surface area contributed by atoms with Gasteiger partial charge in [-0.25, -0.2) is 0 Å². The first kappa shape index (κ1) is 17.1. The lowest BCUT2D eigenvalue weighted by Gasteiger charge is -2.30. The number of amides is 2. The van der Waals surface area contributed by atoms with Crippen LogP contribution in [0.4, 0.5) is 5.69 Å². The molecule has 1 atom stereocenters. The molecule has 1 N–H and O–H groups in total. The van der Waals surface area contributed by atoms with Crippen LogP contribution in [-0.2, 0) is 22.6 Å². The van der Waals surface area contributed by atoms with E-state index in [2.05, 4.69) is 10.3 Å². The molecule has 0 fully saturated rings. The van der Waals surface area contributed by atoms with Gasteiger partial charge in [0.15, 0.2) is 0 Å². The molecular formula is C20H23N3O2. The van der Waals surface area contributed by atoms with Crippen LogP contribution in [0.25, 0.3) is 0 Å². The molecule has 5 heteroatoms. The number of pyridine rings is 1. The van der Waals surface area contributed by atoms with Crippen molar-refractivity contribution in [3.8, 4) is 0 Å². The number of carbonyl (C=O) groups is 2. The molecule has 1 unspecified atom stereocenters. The first-order chi connectivity index (χ1) is 12.2. The number of rotatable bonds is 5. The molecule has 130 valence electrons. The fourth-order valence-corrected chi connectivity index (χ4v) is 3.28. The first-order valence-electron chi connectivity index (χ1n) is 8.77. The number of anilines is 1. The Morgan fingerprint density at radius 3 is 2.84 bits per heavy atom. The molecular weight excluding hydrogens is 314 g/mol. The molecule has 1 aliphatic heterocycles. The number of para-hydroxylation sites is 1. The molecule has 0 radical (unpaired) electrons. The highest BCUT2D eigenvalue weighted by Gasteiger charge is 2.32. The molecule has 0 saturated heterocycles. The number of hydrogen-bond donors (Lipinski definition) is 1. The van der Waals surface area contributed by atoms with Crippen LogP contribution in [-0.4, -0.2) is 22.8 Å². The normalized spacial score (nSPS) is 15.2. The SMILES string of the molecule is CCC(C(=O)NCc1cccnc1)N1C(=O)CCCc2ccccc21. The Morgan fingerprint density at radius 2 is 2.08 bits per heavy atom. The largest absolute Gasteiger partial charge is 0.350 e. The quantitative estimate of drug-likeness (QED) is 0.912. The van der Waals surface area contributed by atoms with E-state index < -0.39 is 6.04 Å². The van der Waals surface area contributed by atoms with E-state index in [1.807, 2.05) is 43.3 Å². The molecule has 1 aromatic heterocycles. The zero-order valence-corrected chi connectivity index (χ0v) is 14.4. The topological polar surface area (TPSA) is 62.3 Å². The molecule has 25 heavy (non-hydrogen) atoms. The van der Waals surface area contributed by atoms with Gasteiger partial charge < -0.3 is 5.32 Å². The van der Waals surface area contributed by atoms with E-state index in [9.17, 15) is 9.59 Å². The van der Waals surface area contributed by atoms with Gasteiger partial charge in [0, 0.05) is 31.0 Å². The second kappa shape index (κ2) is 7.92. The highest BCUT2D eigenvalue weighted by atomic mass is 16.2. The Kier molecular flexibility index (Phi) is 5.43. The predicted octanol–water partition coefficient (Wildman–Crippen LogP) is 2.85. The third kappa shape index (κ3) is 3.87. The fourth-order valence-electron chi connectivity index (χ4n) is 3.28. The van der Waals surface area contributed by atoms with Gasteiger partial charge in [0.25, 0.3) is 0 Å². The highest BCUT2D eigenvalue weighted by molar-refractivity contribution is 6.01. The van der Waals surface area contributed by atoms with Crippen LogP contribution < -0.4 is 10.2 Å². The summed E-state index contributed by atoms with van der Waals surface area (Å²) >= 11 is 0. The Bertz CT molecular complexity index is 746. The number of benzene rings is 1. The van der Waals surface area contributed by atoms with Gasteiger partial charge in [-0.1, -0.05) is 31.2 Å². The highest BCUT2D eigenvalue weighted by Crippen LogP contribution is 2.29. The van der Waals surface area contributed by atoms with Crippen molar-refractivity contribution in [3.05, 3.63) is 59.9 Å². The van der Waals surface area contributed by atoms with E-state index in [4.69, 9.17) is 0 Å². The van der Waals surface area contributed by atoms with Crippen LogP contribution in [0, 0.1) is 0 Å². The average molecular weight is 337 g/mol.